The lowest BCUT2D eigenvalue weighted by molar-refractivity contribution is -0.274. The molecule has 0 N–H and O–H groups in total. The summed E-state index contributed by atoms with van der Waals surface area (Å²) in [5.41, 5.74) is 1.86. The van der Waals surface area contributed by atoms with Crippen molar-refractivity contribution in [3.8, 4) is 5.75 Å². The highest BCUT2D eigenvalue weighted by Gasteiger charge is 2.32. The van der Waals surface area contributed by atoms with Crippen molar-refractivity contribution < 1.29 is 31.2 Å². The molecular weight excluding hydrogens is 447 g/mol. The molecule has 0 radical (unpaired) electrons. The highest BCUT2D eigenvalue weighted by atomic mass is 32.2. The number of alkyl halides is 3. The van der Waals surface area contributed by atoms with Crippen LogP contribution in [0, 0.1) is 6.57 Å². The Kier molecular flexibility index (Phi) is 7.06. The average molecular weight is 467 g/mol. The number of piperidine rings is 1. The van der Waals surface area contributed by atoms with Crippen molar-refractivity contribution in [2.24, 2.45) is 5.16 Å². The van der Waals surface area contributed by atoms with Crippen LogP contribution >= 0.6 is 0 Å². The Hall–Kier alpha value is -3.10. The first-order valence-corrected chi connectivity index (χ1v) is 11.1. The quantitative estimate of drug-likeness (QED) is 0.350. The van der Waals surface area contributed by atoms with E-state index in [-0.39, 0.29) is 24.1 Å². The number of hydrogen-bond acceptors (Lipinski definition) is 5. The Balaban J connectivity index is 1.58. The smallest absolute Gasteiger partial charge is 0.406 e. The van der Waals surface area contributed by atoms with E-state index in [9.17, 15) is 21.6 Å². The summed E-state index contributed by atoms with van der Waals surface area (Å²) in [7, 11) is -3.85. The van der Waals surface area contributed by atoms with Crippen LogP contribution in [-0.2, 0) is 14.9 Å². The van der Waals surface area contributed by atoms with Crippen LogP contribution in [0.1, 0.15) is 25.3 Å². The standard InChI is InChI=1S/C21H20F3N3O4S/c1-15(16-4-3-5-17(14-16)25-2)26-31-19-10-12-27(13-11-19)32(28,29)20-8-6-18(7-9-20)30-21(22,23)24/h3-9,14,19H,10-13H2,1H3. The molecule has 2 aromatic carbocycles. The summed E-state index contributed by atoms with van der Waals surface area (Å²) in [6.07, 6.45) is -4.30. The van der Waals surface area contributed by atoms with Gasteiger partial charge in [0, 0.05) is 25.9 Å². The van der Waals surface area contributed by atoms with Gasteiger partial charge in [0.05, 0.1) is 17.2 Å². The molecule has 0 spiro atoms. The molecule has 1 heterocycles. The van der Waals surface area contributed by atoms with E-state index in [0.717, 1.165) is 29.8 Å². The number of rotatable bonds is 6. The second kappa shape index (κ2) is 9.58. The van der Waals surface area contributed by atoms with E-state index >= 15 is 0 Å². The van der Waals surface area contributed by atoms with Gasteiger partial charge in [0.15, 0.2) is 5.69 Å². The Morgan fingerprint density at radius 1 is 1.16 bits per heavy atom. The molecule has 0 aliphatic carbocycles. The molecule has 7 nitrogen and oxygen atoms in total. The first kappa shape index (κ1) is 23.6. The molecule has 1 aliphatic rings. The van der Waals surface area contributed by atoms with E-state index in [1.54, 1.807) is 25.1 Å². The third-order valence-electron chi connectivity index (χ3n) is 4.83. The van der Waals surface area contributed by atoms with Gasteiger partial charge in [-0.25, -0.2) is 13.3 Å². The molecule has 170 valence electrons. The Morgan fingerprint density at radius 2 is 1.81 bits per heavy atom. The molecule has 0 amide bonds. The summed E-state index contributed by atoms with van der Waals surface area (Å²) in [5.74, 6) is -0.487. The Bertz CT molecular complexity index is 1120. The van der Waals surface area contributed by atoms with Crippen molar-refractivity contribution in [1.29, 1.82) is 0 Å². The molecule has 0 aromatic heterocycles. The van der Waals surface area contributed by atoms with Crippen molar-refractivity contribution in [2.45, 2.75) is 37.1 Å². The number of nitrogens with zero attached hydrogens (tertiary/aromatic N) is 3. The molecule has 0 bridgehead atoms. The second-order valence-corrected chi connectivity index (χ2v) is 9.00. The molecule has 1 saturated heterocycles. The molecule has 0 saturated carbocycles. The maximum Gasteiger partial charge on any atom is 0.573 e. The van der Waals surface area contributed by atoms with Gasteiger partial charge < -0.3 is 9.57 Å². The summed E-state index contributed by atoms with van der Waals surface area (Å²) < 4.78 is 67.4. The highest BCUT2D eigenvalue weighted by Crippen LogP contribution is 2.27. The lowest BCUT2D eigenvalue weighted by Crippen LogP contribution is -2.40. The van der Waals surface area contributed by atoms with Crippen molar-refractivity contribution in [3.05, 3.63) is 65.5 Å². The molecule has 0 atom stereocenters. The number of halogens is 3. The normalized spacial score (nSPS) is 16.4. The Labute approximate surface area is 183 Å². The topological polar surface area (TPSA) is 72.6 Å². The van der Waals surface area contributed by atoms with Gasteiger partial charge in [-0.2, -0.15) is 4.31 Å². The molecule has 0 unspecified atom stereocenters. The highest BCUT2D eigenvalue weighted by molar-refractivity contribution is 7.89. The van der Waals surface area contributed by atoms with Gasteiger partial charge in [0.25, 0.3) is 0 Å². The van der Waals surface area contributed by atoms with E-state index in [0.29, 0.717) is 24.2 Å². The van der Waals surface area contributed by atoms with E-state index in [2.05, 4.69) is 14.7 Å². The number of oxime groups is 1. The van der Waals surface area contributed by atoms with Crippen LogP contribution in [0.25, 0.3) is 4.85 Å². The zero-order valence-corrected chi connectivity index (χ0v) is 17.9. The summed E-state index contributed by atoms with van der Waals surface area (Å²) in [4.78, 5) is 8.83. The van der Waals surface area contributed by atoms with Crippen molar-refractivity contribution in [2.75, 3.05) is 13.1 Å². The summed E-state index contributed by atoms with van der Waals surface area (Å²) >= 11 is 0. The maximum absolute atomic E-state index is 12.8. The lowest BCUT2D eigenvalue weighted by Gasteiger charge is -2.30. The van der Waals surface area contributed by atoms with Gasteiger partial charge in [-0.1, -0.05) is 23.4 Å². The van der Waals surface area contributed by atoms with Gasteiger partial charge in [0.2, 0.25) is 10.0 Å². The minimum Gasteiger partial charge on any atom is -0.406 e. The number of benzene rings is 2. The number of sulfonamides is 1. The van der Waals surface area contributed by atoms with Crippen LogP contribution < -0.4 is 4.74 Å². The van der Waals surface area contributed by atoms with Crippen molar-refractivity contribution >= 4 is 21.4 Å². The van der Waals surface area contributed by atoms with Crippen LogP contribution in [0.5, 0.6) is 5.75 Å². The minimum atomic E-state index is -4.84. The van der Waals surface area contributed by atoms with Gasteiger partial charge in [-0.3, -0.25) is 0 Å². The lowest BCUT2D eigenvalue weighted by atomic mass is 10.1. The SMILES string of the molecule is [C-]#[N+]c1cccc(C(C)=NOC2CCN(S(=O)(=O)c3ccc(OC(F)(F)F)cc3)CC2)c1. The van der Waals surface area contributed by atoms with Crippen molar-refractivity contribution in [3.63, 3.8) is 0 Å². The largest absolute Gasteiger partial charge is 0.573 e. The van der Waals surface area contributed by atoms with Gasteiger partial charge in [-0.05, 0) is 42.8 Å². The third kappa shape index (κ3) is 5.99. The zero-order valence-electron chi connectivity index (χ0n) is 17.0. The average Bonchev–Trinajstić information content (AvgIpc) is 2.77. The van der Waals surface area contributed by atoms with Crippen LogP contribution in [0.3, 0.4) is 0 Å². The first-order valence-electron chi connectivity index (χ1n) is 9.63. The second-order valence-electron chi connectivity index (χ2n) is 7.07. The van der Waals surface area contributed by atoms with Crippen LogP contribution in [0.4, 0.5) is 18.9 Å². The molecule has 11 heteroatoms. The summed E-state index contributed by atoms with van der Waals surface area (Å²) in [6.45, 7) is 9.21. The number of ether oxygens (including phenoxy) is 1. The van der Waals surface area contributed by atoms with Crippen LogP contribution in [0.15, 0.2) is 58.6 Å². The molecular formula is C21H20F3N3O4S. The molecule has 3 rings (SSSR count). The minimum absolute atomic E-state index is 0.111. The van der Waals surface area contributed by atoms with Crippen molar-refractivity contribution in [1.82, 2.24) is 4.31 Å². The van der Waals surface area contributed by atoms with E-state index in [4.69, 9.17) is 11.4 Å². The van der Waals surface area contributed by atoms with E-state index < -0.39 is 22.1 Å². The molecule has 32 heavy (non-hydrogen) atoms. The monoisotopic (exact) mass is 467 g/mol. The summed E-state index contributed by atoms with van der Waals surface area (Å²) in [5, 5.41) is 4.12. The van der Waals surface area contributed by atoms with Gasteiger partial charge >= 0.3 is 6.36 Å². The predicted molar refractivity (Wildman–Crippen MR) is 111 cm³/mol. The fourth-order valence-electron chi connectivity index (χ4n) is 3.15. The third-order valence-corrected chi connectivity index (χ3v) is 6.74. The summed E-state index contributed by atoms with van der Waals surface area (Å²) in [6, 6.07) is 11.1. The van der Waals surface area contributed by atoms with Gasteiger partial charge in [0.1, 0.15) is 11.9 Å². The van der Waals surface area contributed by atoms with Crippen LogP contribution in [-0.4, -0.2) is 44.0 Å². The fourth-order valence-corrected chi connectivity index (χ4v) is 4.62. The van der Waals surface area contributed by atoms with E-state index in [1.165, 1.54) is 4.31 Å². The van der Waals surface area contributed by atoms with Gasteiger partial charge in [-0.15, -0.1) is 13.2 Å². The molecule has 1 fully saturated rings. The molecule has 2 aromatic rings. The first-order chi connectivity index (χ1) is 15.1. The maximum atomic E-state index is 12.8. The van der Waals surface area contributed by atoms with Crippen LogP contribution in [0.2, 0.25) is 0 Å². The predicted octanol–water partition coefficient (Wildman–Crippen LogP) is 4.73. The fraction of sp³-hybridized carbons (Fsp3) is 0.333. The number of hydrogen-bond donors (Lipinski definition) is 0. The zero-order chi connectivity index (χ0) is 23.4. The molecule has 1 aliphatic heterocycles. The Morgan fingerprint density at radius 3 is 2.41 bits per heavy atom. The van der Waals surface area contributed by atoms with E-state index in [1.807, 2.05) is 6.07 Å².